The molecule has 9 N–H and O–H groups in total. The highest BCUT2D eigenvalue weighted by atomic mass is 32.2. The van der Waals surface area contributed by atoms with Crippen molar-refractivity contribution in [3.63, 3.8) is 0 Å². The van der Waals surface area contributed by atoms with Gasteiger partial charge in [0.1, 0.15) is 18.1 Å². The van der Waals surface area contributed by atoms with Crippen molar-refractivity contribution in [2.75, 3.05) is 18.6 Å². The number of thioether (sulfide) groups is 1. The van der Waals surface area contributed by atoms with Crippen LogP contribution in [0.4, 0.5) is 0 Å². The monoisotopic (exact) mass is 488 g/mol. The van der Waals surface area contributed by atoms with Gasteiger partial charge >= 0.3 is 11.9 Å². The largest absolute Gasteiger partial charge is 0.481 e. The van der Waals surface area contributed by atoms with Crippen molar-refractivity contribution in [1.29, 1.82) is 0 Å². The number of nitrogens with one attached hydrogen (secondary N) is 4. The van der Waals surface area contributed by atoms with E-state index in [1.165, 1.54) is 24.3 Å². The third kappa shape index (κ3) is 9.88. The number of aliphatic hydroxyl groups is 1. The first kappa shape index (κ1) is 27.9. The summed E-state index contributed by atoms with van der Waals surface area (Å²) in [7, 11) is 0. The van der Waals surface area contributed by atoms with Gasteiger partial charge in [-0.25, -0.2) is 9.78 Å². The Morgan fingerprint density at radius 2 is 1.67 bits per heavy atom. The normalized spacial score (nSPS) is 14.4. The van der Waals surface area contributed by atoms with E-state index in [0.29, 0.717) is 11.4 Å². The summed E-state index contributed by atoms with van der Waals surface area (Å²) in [5.41, 5.74) is 6.34. The van der Waals surface area contributed by atoms with Gasteiger partial charge in [-0.05, 0) is 18.4 Å². The number of aromatic nitrogens is 2. The number of hydrogen-bond donors (Lipinski definition) is 8. The van der Waals surface area contributed by atoms with Gasteiger partial charge in [0.2, 0.25) is 17.7 Å². The van der Waals surface area contributed by atoms with Crippen LogP contribution in [0.5, 0.6) is 0 Å². The van der Waals surface area contributed by atoms with Crippen LogP contribution in [-0.2, 0) is 30.4 Å². The fourth-order valence-corrected chi connectivity index (χ4v) is 3.09. The van der Waals surface area contributed by atoms with E-state index >= 15 is 0 Å². The second-order valence-corrected chi connectivity index (χ2v) is 7.96. The molecule has 0 aliphatic heterocycles. The van der Waals surface area contributed by atoms with E-state index < -0.39 is 66.9 Å². The first-order valence-electron chi connectivity index (χ1n) is 9.77. The number of aliphatic hydroxyl groups excluding tert-OH is 1. The molecule has 0 aliphatic rings. The summed E-state index contributed by atoms with van der Waals surface area (Å²) < 4.78 is 0. The number of aromatic amines is 1. The molecule has 0 saturated heterocycles. The highest BCUT2D eigenvalue weighted by Crippen LogP contribution is 2.04. The van der Waals surface area contributed by atoms with Crippen LogP contribution in [0, 0.1) is 0 Å². The molecule has 0 spiro atoms. The lowest BCUT2D eigenvalue weighted by Gasteiger charge is -2.23. The van der Waals surface area contributed by atoms with Gasteiger partial charge in [0.05, 0.1) is 25.4 Å². The highest BCUT2D eigenvalue weighted by molar-refractivity contribution is 7.98. The van der Waals surface area contributed by atoms with Crippen molar-refractivity contribution in [3.8, 4) is 0 Å². The van der Waals surface area contributed by atoms with Crippen LogP contribution in [0.1, 0.15) is 18.5 Å². The fraction of sp³-hybridized carbons (Fsp3) is 0.556. The lowest BCUT2D eigenvalue weighted by atomic mass is 10.1. The number of imidazole rings is 1. The van der Waals surface area contributed by atoms with Crippen molar-refractivity contribution in [2.24, 2.45) is 5.73 Å². The predicted octanol–water partition coefficient (Wildman–Crippen LogP) is -2.96. The molecule has 1 heterocycles. The van der Waals surface area contributed by atoms with Crippen LogP contribution in [0.25, 0.3) is 0 Å². The molecular weight excluding hydrogens is 460 g/mol. The van der Waals surface area contributed by atoms with Crippen LogP contribution < -0.4 is 21.7 Å². The summed E-state index contributed by atoms with van der Waals surface area (Å²) in [6.45, 7) is -0.860. The van der Waals surface area contributed by atoms with Gasteiger partial charge in [0.25, 0.3) is 0 Å². The number of carboxylic acids is 2. The molecule has 0 radical (unpaired) electrons. The highest BCUT2D eigenvalue weighted by Gasteiger charge is 2.31. The zero-order valence-corrected chi connectivity index (χ0v) is 18.6. The number of carboxylic acid groups (broad SMARTS) is 2. The minimum Gasteiger partial charge on any atom is -0.481 e. The minimum absolute atomic E-state index is 0.0717. The Hall–Kier alpha value is -3.17. The Morgan fingerprint density at radius 1 is 1.06 bits per heavy atom. The molecule has 0 aromatic carbocycles. The molecule has 0 bridgehead atoms. The number of nitrogens with zero attached hydrogens (tertiary/aromatic N) is 1. The summed E-state index contributed by atoms with van der Waals surface area (Å²) in [5.74, 6) is -5.18. The minimum atomic E-state index is -1.64. The van der Waals surface area contributed by atoms with Crippen LogP contribution in [0.3, 0.4) is 0 Å². The molecule has 184 valence electrons. The van der Waals surface area contributed by atoms with Crippen LogP contribution in [0.2, 0.25) is 0 Å². The number of nitrogens with two attached hydrogens (primary N) is 1. The van der Waals surface area contributed by atoms with E-state index in [2.05, 4.69) is 25.9 Å². The maximum atomic E-state index is 12.5. The molecule has 1 aromatic rings. The molecule has 14 nitrogen and oxygen atoms in total. The number of hydrogen-bond acceptors (Lipinski definition) is 9. The SMILES string of the molecule is CSCCC(NC(=O)C(CC(=O)O)NC(=O)C(CO)NC(=O)C(N)Cc1cnc[nH]1)C(=O)O. The van der Waals surface area contributed by atoms with E-state index in [1.54, 1.807) is 6.26 Å². The van der Waals surface area contributed by atoms with Gasteiger partial charge in [-0.3, -0.25) is 19.2 Å². The maximum Gasteiger partial charge on any atom is 0.326 e. The number of aliphatic carboxylic acids is 2. The molecule has 0 saturated carbocycles. The summed E-state index contributed by atoms with van der Waals surface area (Å²) in [5, 5.41) is 34.4. The molecule has 4 unspecified atom stereocenters. The average Bonchev–Trinajstić information content (AvgIpc) is 3.26. The lowest BCUT2D eigenvalue weighted by Crippen LogP contribution is -2.58. The smallest absolute Gasteiger partial charge is 0.326 e. The Morgan fingerprint density at radius 3 is 2.18 bits per heavy atom. The first-order chi connectivity index (χ1) is 15.6. The summed E-state index contributed by atoms with van der Waals surface area (Å²) >= 11 is 1.36. The number of H-pyrrole nitrogens is 1. The molecule has 4 atom stereocenters. The summed E-state index contributed by atoms with van der Waals surface area (Å²) in [6, 6.07) is -5.54. The standard InChI is InChI=1S/C18H28N6O8S/c1-33-3-2-11(18(31)32)22-16(29)12(5-14(26)27)23-17(30)13(7-25)24-15(28)10(19)4-9-6-20-8-21-9/h6,8,10-13,25H,2-5,7,19H2,1H3,(H,20,21)(H,22,29)(H,23,30)(H,24,28)(H,26,27)(H,31,32). The Labute approximate surface area is 193 Å². The van der Waals surface area contributed by atoms with Gasteiger partial charge in [0, 0.05) is 18.3 Å². The van der Waals surface area contributed by atoms with E-state index in [4.69, 9.17) is 10.8 Å². The number of carbonyl (C=O) groups is 5. The van der Waals surface area contributed by atoms with Crippen LogP contribution in [-0.4, -0.2) is 97.7 Å². The number of rotatable bonds is 15. The zero-order valence-electron chi connectivity index (χ0n) is 17.8. The van der Waals surface area contributed by atoms with Crippen molar-refractivity contribution in [3.05, 3.63) is 18.2 Å². The van der Waals surface area contributed by atoms with Gasteiger partial charge in [0.15, 0.2) is 0 Å². The molecule has 0 aliphatic carbocycles. The molecule has 3 amide bonds. The van der Waals surface area contributed by atoms with E-state index in [0.717, 1.165) is 0 Å². The van der Waals surface area contributed by atoms with Crippen LogP contribution in [0.15, 0.2) is 12.5 Å². The second-order valence-electron chi connectivity index (χ2n) is 6.97. The summed E-state index contributed by atoms with van der Waals surface area (Å²) in [4.78, 5) is 66.3. The second kappa shape index (κ2) is 14.1. The van der Waals surface area contributed by atoms with Crippen LogP contribution >= 0.6 is 11.8 Å². The Bertz CT molecular complexity index is 821. The van der Waals surface area contributed by atoms with Gasteiger partial charge in [-0.15, -0.1) is 0 Å². The molecule has 1 aromatic heterocycles. The number of carbonyl (C=O) groups excluding carboxylic acids is 3. The first-order valence-corrected chi connectivity index (χ1v) is 11.2. The third-order valence-corrected chi connectivity index (χ3v) is 5.03. The fourth-order valence-electron chi connectivity index (χ4n) is 2.62. The molecule has 1 rings (SSSR count). The van der Waals surface area contributed by atoms with Gasteiger partial charge < -0.3 is 42.0 Å². The Kier molecular flexibility index (Phi) is 11.9. The average molecular weight is 489 g/mol. The molecule has 15 heteroatoms. The van der Waals surface area contributed by atoms with E-state index in [-0.39, 0.29) is 12.8 Å². The quantitative estimate of drug-likeness (QED) is 0.124. The molecule has 0 fully saturated rings. The van der Waals surface area contributed by atoms with Gasteiger partial charge in [-0.1, -0.05) is 0 Å². The van der Waals surface area contributed by atoms with E-state index in [9.17, 15) is 34.2 Å². The molecular formula is C18H28N6O8S. The Balaban J connectivity index is 2.80. The third-order valence-electron chi connectivity index (χ3n) is 4.38. The van der Waals surface area contributed by atoms with E-state index in [1.807, 2.05) is 0 Å². The van der Waals surface area contributed by atoms with Crippen molar-refractivity contribution in [1.82, 2.24) is 25.9 Å². The topological polar surface area (TPSA) is 237 Å². The lowest BCUT2D eigenvalue weighted by molar-refractivity contribution is -0.143. The zero-order chi connectivity index (χ0) is 25.0. The van der Waals surface area contributed by atoms with Crippen molar-refractivity contribution in [2.45, 2.75) is 43.4 Å². The van der Waals surface area contributed by atoms with Gasteiger partial charge in [-0.2, -0.15) is 11.8 Å². The van der Waals surface area contributed by atoms with Crippen molar-refractivity contribution < 1.29 is 39.3 Å². The predicted molar refractivity (Wildman–Crippen MR) is 116 cm³/mol. The molecule has 33 heavy (non-hydrogen) atoms. The summed E-state index contributed by atoms with van der Waals surface area (Å²) in [6.07, 6.45) is 3.91. The maximum absolute atomic E-state index is 12.5. The van der Waals surface area contributed by atoms with Crippen molar-refractivity contribution >= 4 is 41.4 Å². The number of amides is 3.